The normalized spacial score (nSPS) is 51.2. The second-order valence-electron chi connectivity index (χ2n) is 13.2. The minimum absolute atomic E-state index is 0.190. The first-order valence-corrected chi connectivity index (χ1v) is 14.1. The Bertz CT molecular complexity index is 818. The summed E-state index contributed by atoms with van der Waals surface area (Å²) in [6.45, 7) is 9.56. The fourth-order valence-corrected chi connectivity index (χ4v) is 10.2. The summed E-state index contributed by atoms with van der Waals surface area (Å²) >= 11 is 0. The lowest BCUT2D eigenvalue weighted by Gasteiger charge is -2.64. The van der Waals surface area contributed by atoms with Gasteiger partial charge in [0.1, 0.15) is 6.04 Å². The van der Waals surface area contributed by atoms with Crippen molar-refractivity contribution in [2.24, 2.45) is 52.3 Å². The van der Waals surface area contributed by atoms with Crippen LogP contribution < -0.4 is 10.6 Å². The van der Waals surface area contributed by atoms with E-state index in [-0.39, 0.29) is 41.0 Å². The van der Waals surface area contributed by atoms with Crippen LogP contribution in [0.1, 0.15) is 91.9 Å². The Kier molecular flexibility index (Phi) is 6.32. The molecule has 5 fully saturated rings. The number of hydrogen-bond acceptors (Lipinski definition) is 4. The Morgan fingerprint density at radius 1 is 1.00 bits per heavy atom. The highest BCUT2D eigenvalue weighted by Gasteiger charge is 2.64. The zero-order chi connectivity index (χ0) is 24.4. The first-order valence-electron chi connectivity index (χ1n) is 14.1. The van der Waals surface area contributed by atoms with Crippen molar-refractivity contribution in [3.05, 3.63) is 0 Å². The summed E-state index contributed by atoms with van der Waals surface area (Å²) in [7, 11) is 0. The Labute approximate surface area is 205 Å². The first-order chi connectivity index (χ1) is 16.1. The summed E-state index contributed by atoms with van der Waals surface area (Å²) in [4.78, 5) is 23.5. The van der Waals surface area contributed by atoms with Crippen LogP contribution in [0.5, 0.6) is 0 Å². The SMILES string of the molecule is CC[C@H]1[C@@H](O)[C@@H]2[C@H](CC[C@]3(C)[C@@H]([C@H](C)CCC4NC(=O)NC4=O)CC[C@@H]23)[C@@]2(C)CC[C@@H](O)C[C@@H]12. The summed E-state index contributed by atoms with van der Waals surface area (Å²) in [5, 5.41) is 27.4. The molecule has 1 heterocycles. The van der Waals surface area contributed by atoms with Crippen LogP contribution >= 0.6 is 0 Å². The van der Waals surface area contributed by atoms with Crippen molar-refractivity contribution in [1.29, 1.82) is 0 Å². The third-order valence-electron chi connectivity index (χ3n) is 11.9. The van der Waals surface area contributed by atoms with Gasteiger partial charge in [0.15, 0.2) is 0 Å². The van der Waals surface area contributed by atoms with Gasteiger partial charge in [-0.25, -0.2) is 4.79 Å². The zero-order valence-electron chi connectivity index (χ0n) is 21.6. The van der Waals surface area contributed by atoms with Crippen molar-refractivity contribution in [2.75, 3.05) is 0 Å². The van der Waals surface area contributed by atoms with Crippen molar-refractivity contribution < 1.29 is 19.8 Å². The van der Waals surface area contributed by atoms with Gasteiger partial charge in [-0.3, -0.25) is 10.1 Å². The number of aliphatic hydroxyl groups excluding tert-OH is 2. The molecule has 4 saturated carbocycles. The Balaban J connectivity index is 1.34. The molecule has 4 N–H and O–H groups in total. The Morgan fingerprint density at radius 2 is 1.71 bits per heavy atom. The van der Waals surface area contributed by atoms with Crippen LogP contribution in [0.25, 0.3) is 0 Å². The van der Waals surface area contributed by atoms with Crippen LogP contribution in [0.2, 0.25) is 0 Å². The second kappa shape index (κ2) is 8.76. The molecule has 6 nitrogen and oxygen atoms in total. The largest absolute Gasteiger partial charge is 0.393 e. The average molecular weight is 475 g/mol. The number of fused-ring (bicyclic) bond motifs is 5. The number of imide groups is 1. The number of carbonyl (C=O) groups is 2. The van der Waals surface area contributed by atoms with E-state index in [0.29, 0.717) is 47.8 Å². The van der Waals surface area contributed by atoms with Crippen LogP contribution in [-0.4, -0.2) is 40.4 Å². The lowest BCUT2D eigenvalue weighted by atomic mass is 9.41. The van der Waals surface area contributed by atoms with Crippen LogP contribution in [0.15, 0.2) is 0 Å². The number of carbonyl (C=O) groups excluding carboxylic acids is 2. The molecule has 3 amide bonds. The highest BCUT2D eigenvalue weighted by atomic mass is 16.3. The molecular formula is C28H46N2O4. The summed E-state index contributed by atoms with van der Waals surface area (Å²) in [5.74, 6) is 3.13. The molecule has 192 valence electrons. The van der Waals surface area contributed by atoms with Gasteiger partial charge < -0.3 is 15.5 Å². The minimum Gasteiger partial charge on any atom is -0.393 e. The summed E-state index contributed by atoms with van der Waals surface area (Å²) in [6.07, 6.45) is 9.88. The Hall–Kier alpha value is -1.14. The molecule has 1 saturated heterocycles. The van der Waals surface area contributed by atoms with Gasteiger partial charge in [-0.1, -0.05) is 34.1 Å². The molecule has 34 heavy (non-hydrogen) atoms. The van der Waals surface area contributed by atoms with Crippen LogP contribution in [0.3, 0.4) is 0 Å². The zero-order valence-corrected chi connectivity index (χ0v) is 21.6. The molecule has 0 aromatic rings. The van der Waals surface area contributed by atoms with Crippen LogP contribution in [0.4, 0.5) is 4.79 Å². The topological polar surface area (TPSA) is 98.7 Å². The van der Waals surface area contributed by atoms with Gasteiger partial charge in [-0.15, -0.1) is 0 Å². The molecule has 0 bridgehead atoms. The molecule has 0 aromatic carbocycles. The maximum Gasteiger partial charge on any atom is 0.322 e. The molecule has 0 spiro atoms. The Morgan fingerprint density at radius 3 is 2.38 bits per heavy atom. The fraction of sp³-hybridized carbons (Fsp3) is 0.929. The van der Waals surface area contributed by atoms with Crippen molar-refractivity contribution in [2.45, 2.75) is 110 Å². The molecule has 12 atom stereocenters. The number of hydrogen-bond donors (Lipinski definition) is 4. The second-order valence-corrected chi connectivity index (χ2v) is 13.2. The standard InChI is InChI=1S/C28H46N2O4/c1-5-17-21-14-16(31)10-12-28(21,4)20-11-13-27(3)18(7-8-19(27)23(20)24(17)32)15(2)6-9-22-25(33)30-26(34)29-22/h15-24,31-32H,5-14H2,1-4H3,(H2,29,30,33,34)/t15-,16-,17-,18-,19+,20+,21+,22?,23+,24-,27-,28-/m1/s1. The smallest absolute Gasteiger partial charge is 0.322 e. The average Bonchev–Trinajstić information content (AvgIpc) is 3.31. The van der Waals surface area contributed by atoms with E-state index in [1.807, 2.05) is 0 Å². The maximum absolute atomic E-state index is 12.0. The van der Waals surface area contributed by atoms with Crippen molar-refractivity contribution in [1.82, 2.24) is 10.6 Å². The highest BCUT2D eigenvalue weighted by molar-refractivity contribution is 6.04. The molecule has 6 heteroatoms. The summed E-state index contributed by atoms with van der Waals surface area (Å²) in [5.41, 5.74) is 0.474. The van der Waals surface area contributed by atoms with Crippen LogP contribution in [0, 0.1) is 52.3 Å². The molecule has 1 unspecified atom stereocenters. The van der Waals surface area contributed by atoms with E-state index < -0.39 is 0 Å². The van der Waals surface area contributed by atoms with E-state index in [1.165, 1.54) is 25.7 Å². The van der Waals surface area contributed by atoms with E-state index in [4.69, 9.17) is 0 Å². The molecular weight excluding hydrogens is 428 g/mol. The van der Waals surface area contributed by atoms with Gasteiger partial charge in [-0.2, -0.15) is 0 Å². The summed E-state index contributed by atoms with van der Waals surface area (Å²) in [6, 6.07) is -0.757. The van der Waals surface area contributed by atoms with Gasteiger partial charge in [0.05, 0.1) is 12.2 Å². The van der Waals surface area contributed by atoms with Gasteiger partial charge in [0, 0.05) is 0 Å². The molecule has 0 aromatic heterocycles. The molecule has 0 radical (unpaired) electrons. The quantitative estimate of drug-likeness (QED) is 0.448. The van der Waals surface area contributed by atoms with Crippen molar-refractivity contribution in [3.63, 3.8) is 0 Å². The van der Waals surface area contributed by atoms with E-state index >= 15 is 0 Å². The van der Waals surface area contributed by atoms with E-state index in [1.54, 1.807) is 0 Å². The molecule has 4 aliphatic carbocycles. The van der Waals surface area contributed by atoms with E-state index in [2.05, 4.69) is 38.3 Å². The number of urea groups is 1. The van der Waals surface area contributed by atoms with E-state index in [9.17, 15) is 19.8 Å². The molecule has 1 aliphatic heterocycles. The number of amides is 3. The van der Waals surface area contributed by atoms with Gasteiger partial charge in [0.2, 0.25) is 0 Å². The lowest BCUT2D eigenvalue weighted by Crippen LogP contribution is -2.62. The molecule has 5 rings (SSSR count). The lowest BCUT2D eigenvalue weighted by molar-refractivity contribution is -0.203. The van der Waals surface area contributed by atoms with Gasteiger partial charge in [0.25, 0.3) is 5.91 Å². The summed E-state index contributed by atoms with van der Waals surface area (Å²) < 4.78 is 0. The third-order valence-corrected chi connectivity index (χ3v) is 11.9. The monoisotopic (exact) mass is 474 g/mol. The maximum atomic E-state index is 12.0. The first kappa shape index (κ1) is 24.5. The van der Waals surface area contributed by atoms with Gasteiger partial charge >= 0.3 is 6.03 Å². The van der Waals surface area contributed by atoms with E-state index in [0.717, 1.165) is 32.1 Å². The number of nitrogens with one attached hydrogen (secondary N) is 2. The fourth-order valence-electron chi connectivity index (χ4n) is 10.2. The van der Waals surface area contributed by atoms with Crippen molar-refractivity contribution >= 4 is 11.9 Å². The minimum atomic E-state index is -0.389. The number of aliphatic hydroxyl groups is 2. The predicted octanol–water partition coefficient (Wildman–Crippen LogP) is 4.24. The highest BCUT2D eigenvalue weighted by Crippen LogP contribution is 2.69. The van der Waals surface area contributed by atoms with Gasteiger partial charge in [-0.05, 0) is 110 Å². The molecule has 5 aliphatic rings. The van der Waals surface area contributed by atoms with Crippen molar-refractivity contribution in [3.8, 4) is 0 Å². The number of rotatable bonds is 5. The van der Waals surface area contributed by atoms with Crippen LogP contribution in [-0.2, 0) is 4.79 Å². The predicted molar refractivity (Wildman–Crippen MR) is 131 cm³/mol. The third kappa shape index (κ3) is 3.65.